The summed E-state index contributed by atoms with van der Waals surface area (Å²) in [5, 5.41) is 1.78. The van der Waals surface area contributed by atoms with Gasteiger partial charge in [-0.2, -0.15) is 4.99 Å². The van der Waals surface area contributed by atoms with Crippen LogP contribution >= 0.6 is 47.0 Å². The van der Waals surface area contributed by atoms with Crippen LogP contribution in [0.15, 0.2) is 4.99 Å². The lowest BCUT2D eigenvalue weighted by Gasteiger charge is -2.00. The molecule has 0 atom stereocenters. The van der Waals surface area contributed by atoms with E-state index in [4.69, 9.17) is 34.8 Å². The molecule has 0 aliphatic heterocycles. The Hall–Kier alpha value is 0.340. The van der Waals surface area contributed by atoms with Gasteiger partial charge in [0.2, 0.25) is 0 Å². The number of isothiocyanates is 1. The van der Waals surface area contributed by atoms with Crippen LogP contribution in [-0.2, 0) is 4.79 Å². The summed E-state index contributed by atoms with van der Waals surface area (Å²) in [6, 6.07) is 0. The van der Waals surface area contributed by atoms with Crippen molar-refractivity contribution in [3.63, 3.8) is 0 Å². The Balaban J connectivity index is 4.22. The quantitative estimate of drug-likeness (QED) is 0.343. The van der Waals surface area contributed by atoms with Gasteiger partial charge in [0.05, 0.1) is 5.16 Å². The molecular weight excluding hydrogens is 204 g/mol. The summed E-state index contributed by atoms with van der Waals surface area (Å²) in [4.78, 5) is 13.3. The minimum absolute atomic E-state index is 0.928. The van der Waals surface area contributed by atoms with Gasteiger partial charge in [0, 0.05) is 0 Å². The first-order chi connectivity index (χ1) is 3.98. The summed E-state index contributed by atoms with van der Waals surface area (Å²) in [6.07, 6.45) is 0. The number of nitrogens with zero attached hydrogens (tertiary/aromatic N) is 1. The minimum Gasteiger partial charge on any atom is -0.267 e. The summed E-state index contributed by atoms with van der Waals surface area (Å²) in [6.45, 7) is 0. The van der Waals surface area contributed by atoms with Crippen LogP contribution in [0.4, 0.5) is 0 Å². The zero-order chi connectivity index (χ0) is 7.49. The molecule has 50 valence electrons. The number of rotatable bonds is 0. The van der Waals surface area contributed by atoms with E-state index in [0.29, 0.717) is 0 Å². The van der Waals surface area contributed by atoms with Crippen LogP contribution in [0.1, 0.15) is 0 Å². The van der Waals surface area contributed by atoms with E-state index in [0.717, 1.165) is 0 Å². The van der Waals surface area contributed by atoms with E-state index in [1.165, 1.54) is 0 Å². The average molecular weight is 204 g/mol. The minimum atomic E-state index is -2.01. The number of hydrogen-bond donors (Lipinski definition) is 0. The molecule has 0 radical (unpaired) electrons. The van der Waals surface area contributed by atoms with E-state index in [2.05, 4.69) is 17.2 Å². The largest absolute Gasteiger partial charge is 0.306 e. The smallest absolute Gasteiger partial charge is 0.267 e. The fourth-order valence-electron chi connectivity index (χ4n) is 0.105. The van der Waals surface area contributed by atoms with Crippen LogP contribution in [0, 0.1) is 0 Å². The topological polar surface area (TPSA) is 29.4 Å². The van der Waals surface area contributed by atoms with E-state index in [1.54, 1.807) is 5.16 Å². The van der Waals surface area contributed by atoms with Gasteiger partial charge < -0.3 is 0 Å². The maximum absolute atomic E-state index is 10.4. The third kappa shape index (κ3) is 3.84. The normalized spacial score (nSPS) is 10.1. The number of halogens is 3. The van der Waals surface area contributed by atoms with Gasteiger partial charge in [-0.15, -0.1) is 0 Å². The Morgan fingerprint density at radius 2 is 2.00 bits per heavy atom. The van der Waals surface area contributed by atoms with Crippen molar-refractivity contribution in [1.29, 1.82) is 0 Å². The van der Waals surface area contributed by atoms with Gasteiger partial charge in [0.15, 0.2) is 0 Å². The van der Waals surface area contributed by atoms with Crippen molar-refractivity contribution < 1.29 is 4.79 Å². The zero-order valence-electron chi connectivity index (χ0n) is 3.90. The van der Waals surface area contributed by atoms with Crippen molar-refractivity contribution in [1.82, 2.24) is 0 Å². The lowest BCUT2D eigenvalue weighted by Crippen LogP contribution is -2.15. The molecule has 0 heterocycles. The van der Waals surface area contributed by atoms with Gasteiger partial charge in [0.25, 0.3) is 3.79 Å². The molecule has 6 heteroatoms. The summed E-state index contributed by atoms with van der Waals surface area (Å²) < 4.78 is -2.01. The van der Waals surface area contributed by atoms with Crippen molar-refractivity contribution in [2.75, 3.05) is 0 Å². The second-order valence-electron chi connectivity index (χ2n) is 1.01. The van der Waals surface area contributed by atoms with E-state index in [9.17, 15) is 4.79 Å². The van der Waals surface area contributed by atoms with E-state index in [1.807, 2.05) is 0 Å². The molecule has 2 nitrogen and oxygen atoms in total. The molecule has 9 heavy (non-hydrogen) atoms. The monoisotopic (exact) mass is 203 g/mol. The highest BCUT2D eigenvalue weighted by atomic mass is 35.6. The predicted octanol–water partition coefficient (Wildman–Crippen LogP) is 1.99. The van der Waals surface area contributed by atoms with Crippen LogP contribution < -0.4 is 0 Å². The molecule has 1 amide bonds. The van der Waals surface area contributed by atoms with E-state index in [-0.39, 0.29) is 0 Å². The fourth-order valence-corrected chi connectivity index (χ4v) is 0.315. The third-order valence-corrected chi connectivity index (χ3v) is 0.966. The van der Waals surface area contributed by atoms with Gasteiger partial charge in [-0.1, -0.05) is 34.8 Å². The zero-order valence-corrected chi connectivity index (χ0v) is 6.98. The first-order valence-corrected chi connectivity index (χ1v) is 3.21. The van der Waals surface area contributed by atoms with Crippen LogP contribution in [0.3, 0.4) is 0 Å². The number of carbonyl (C=O) groups excluding carboxylic acids is 1. The van der Waals surface area contributed by atoms with Crippen LogP contribution in [-0.4, -0.2) is 14.9 Å². The molecule has 0 aliphatic rings. The molecule has 0 bridgehead atoms. The van der Waals surface area contributed by atoms with Gasteiger partial charge in [-0.3, -0.25) is 4.79 Å². The number of thiocarbonyl (C=S) groups is 1. The molecular formula is C3Cl3NOS. The lowest BCUT2D eigenvalue weighted by molar-refractivity contribution is -0.116. The van der Waals surface area contributed by atoms with Gasteiger partial charge in [0.1, 0.15) is 0 Å². The molecule has 0 fully saturated rings. The van der Waals surface area contributed by atoms with Crippen molar-refractivity contribution in [3.8, 4) is 0 Å². The fraction of sp³-hybridized carbons (Fsp3) is 0.333. The molecule has 0 rings (SSSR count). The highest BCUT2D eigenvalue weighted by Gasteiger charge is 2.29. The highest BCUT2D eigenvalue weighted by Crippen LogP contribution is 2.26. The lowest BCUT2D eigenvalue weighted by atomic mass is 10.7. The van der Waals surface area contributed by atoms with Crippen molar-refractivity contribution in [2.24, 2.45) is 4.99 Å². The SMILES string of the molecule is O=C(N=C=S)C(Cl)(Cl)Cl. The standard InChI is InChI=1S/C3Cl3NOS/c4-3(5,6)2(8)7-1-9. The molecule has 0 aromatic carbocycles. The Morgan fingerprint density at radius 3 is 2.11 bits per heavy atom. The predicted molar refractivity (Wildman–Crippen MR) is 40.3 cm³/mol. The molecule has 0 N–H and O–H groups in total. The van der Waals surface area contributed by atoms with Crippen LogP contribution in [0.2, 0.25) is 0 Å². The van der Waals surface area contributed by atoms with Crippen LogP contribution in [0.5, 0.6) is 0 Å². The summed E-state index contributed by atoms with van der Waals surface area (Å²) in [5.74, 6) is -0.928. The molecule has 0 saturated carbocycles. The average Bonchev–Trinajstić information content (AvgIpc) is 1.64. The summed E-state index contributed by atoms with van der Waals surface area (Å²) in [7, 11) is 0. The number of amides is 1. The van der Waals surface area contributed by atoms with Gasteiger partial charge in [-0.05, 0) is 12.2 Å². The highest BCUT2D eigenvalue weighted by molar-refractivity contribution is 7.78. The van der Waals surface area contributed by atoms with E-state index >= 15 is 0 Å². The Morgan fingerprint density at radius 1 is 1.56 bits per heavy atom. The molecule has 0 spiro atoms. The van der Waals surface area contributed by atoms with E-state index < -0.39 is 9.70 Å². The first kappa shape index (κ1) is 9.34. The van der Waals surface area contributed by atoms with Gasteiger partial charge in [-0.25, -0.2) is 0 Å². The Kier molecular flexibility index (Phi) is 3.63. The van der Waals surface area contributed by atoms with Crippen LogP contribution in [0.25, 0.3) is 0 Å². The maximum Gasteiger partial charge on any atom is 0.306 e. The number of aliphatic imine (C=N–C) groups is 1. The number of alkyl halides is 3. The molecule has 0 aliphatic carbocycles. The Labute approximate surface area is 71.8 Å². The maximum atomic E-state index is 10.4. The van der Waals surface area contributed by atoms with Crippen molar-refractivity contribution >= 4 is 58.1 Å². The number of hydrogen-bond acceptors (Lipinski definition) is 2. The molecule has 0 saturated heterocycles. The first-order valence-electron chi connectivity index (χ1n) is 1.67. The third-order valence-electron chi connectivity index (χ3n) is 0.390. The molecule has 0 unspecified atom stereocenters. The molecule has 0 aromatic rings. The Bertz CT molecular complexity index is 168. The van der Waals surface area contributed by atoms with Gasteiger partial charge >= 0.3 is 5.91 Å². The second-order valence-corrected chi connectivity index (χ2v) is 3.47. The van der Waals surface area contributed by atoms with Crippen molar-refractivity contribution in [3.05, 3.63) is 0 Å². The summed E-state index contributed by atoms with van der Waals surface area (Å²) >= 11 is 19.3. The number of carbonyl (C=O) groups is 1. The summed E-state index contributed by atoms with van der Waals surface area (Å²) in [5.41, 5.74) is 0. The van der Waals surface area contributed by atoms with Crippen molar-refractivity contribution in [2.45, 2.75) is 3.79 Å². The second kappa shape index (κ2) is 3.49. The molecule has 0 aromatic heterocycles.